The lowest BCUT2D eigenvalue weighted by Gasteiger charge is -2.35. The summed E-state index contributed by atoms with van der Waals surface area (Å²) in [5, 5.41) is 5.72. The van der Waals surface area contributed by atoms with E-state index >= 15 is 0 Å². The first-order valence-corrected chi connectivity index (χ1v) is 9.47. The normalized spacial score (nSPS) is 15.9. The molecule has 0 bridgehead atoms. The molecular formula is C20H29N3O4. The lowest BCUT2D eigenvalue weighted by atomic mass is 9.88. The Morgan fingerprint density at radius 2 is 1.85 bits per heavy atom. The third-order valence-corrected chi connectivity index (χ3v) is 4.88. The fraction of sp³-hybridized carbons (Fsp3) is 0.550. The summed E-state index contributed by atoms with van der Waals surface area (Å²) in [6.07, 6.45) is 1.85. The van der Waals surface area contributed by atoms with E-state index in [0.717, 1.165) is 0 Å². The Balaban J connectivity index is 2.04. The molecule has 3 amide bonds. The number of ether oxygens (including phenoxy) is 1. The minimum atomic E-state index is -0.631. The van der Waals surface area contributed by atoms with Crippen molar-refractivity contribution in [2.45, 2.75) is 32.2 Å². The van der Waals surface area contributed by atoms with Crippen molar-refractivity contribution < 1.29 is 19.1 Å². The van der Waals surface area contributed by atoms with Crippen LogP contribution in [0.1, 0.15) is 36.5 Å². The van der Waals surface area contributed by atoms with Crippen molar-refractivity contribution in [2.75, 3.05) is 33.4 Å². The van der Waals surface area contributed by atoms with Crippen LogP contribution >= 0.6 is 0 Å². The largest absolute Gasteiger partial charge is 0.383 e. The Kier molecular flexibility index (Phi) is 8.26. The van der Waals surface area contributed by atoms with Gasteiger partial charge in [0.05, 0.1) is 6.61 Å². The van der Waals surface area contributed by atoms with Crippen molar-refractivity contribution in [2.24, 2.45) is 5.92 Å². The first-order valence-electron chi connectivity index (χ1n) is 9.47. The number of methoxy groups -OCH3 is 1. The highest BCUT2D eigenvalue weighted by atomic mass is 16.5. The molecule has 7 heteroatoms. The number of piperidine rings is 1. The Bertz CT molecular complexity index is 627. The summed E-state index contributed by atoms with van der Waals surface area (Å²) in [6.45, 7) is 3.87. The summed E-state index contributed by atoms with van der Waals surface area (Å²) in [4.78, 5) is 39.0. The van der Waals surface area contributed by atoms with Gasteiger partial charge in [0.1, 0.15) is 6.04 Å². The number of benzene rings is 1. The summed E-state index contributed by atoms with van der Waals surface area (Å²) in [5.74, 6) is -0.366. The van der Waals surface area contributed by atoms with E-state index in [0.29, 0.717) is 51.1 Å². The lowest BCUT2D eigenvalue weighted by Crippen LogP contribution is -2.54. The van der Waals surface area contributed by atoms with Gasteiger partial charge in [-0.3, -0.25) is 14.4 Å². The molecule has 0 aliphatic carbocycles. The van der Waals surface area contributed by atoms with Crippen molar-refractivity contribution >= 4 is 17.7 Å². The van der Waals surface area contributed by atoms with E-state index in [9.17, 15) is 14.4 Å². The van der Waals surface area contributed by atoms with Crippen molar-refractivity contribution in [3.8, 4) is 0 Å². The number of amides is 3. The molecule has 1 atom stereocenters. The molecule has 1 aliphatic heterocycles. The highest BCUT2D eigenvalue weighted by molar-refractivity contribution is 5.97. The van der Waals surface area contributed by atoms with E-state index in [1.165, 1.54) is 0 Å². The van der Waals surface area contributed by atoms with Crippen LogP contribution < -0.4 is 10.6 Å². The number of rotatable bonds is 8. The molecule has 0 saturated carbocycles. The highest BCUT2D eigenvalue weighted by Gasteiger charge is 2.33. The molecule has 7 nitrogen and oxygen atoms in total. The summed E-state index contributed by atoms with van der Waals surface area (Å²) >= 11 is 0. The summed E-state index contributed by atoms with van der Waals surface area (Å²) in [6, 6.07) is 8.23. The third kappa shape index (κ3) is 6.06. The monoisotopic (exact) mass is 375 g/mol. The zero-order chi connectivity index (χ0) is 19.6. The predicted molar refractivity (Wildman–Crippen MR) is 102 cm³/mol. The number of hydrogen-bond acceptors (Lipinski definition) is 4. The molecule has 1 saturated heterocycles. The summed E-state index contributed by atoms with van der Waals surface area (Å²) < 4.78 is 4.97. The van der Waals surface area contributed by atoms with Crippen LogP contribution in [0.4, 0.5) is 0 Å². The van der Waals surface area contributed by atoms with Crippen molar-refractivity contribution in [3.05, 3.63) is 35.9 Å². The van der Waals surface area contributed by atoms with E-state index in [2.05, 4.69) is 10.6 Å². The number of nitrogens with one attached hydrogen (secondary N) is 2. The Morgan fingerprint density at radius 1 is 1.19 bits per heavy atom. The summed E-state index contributed by atoms with van der Waals surface area (Å²) in [5.41, 5.74) is 0.519. The van der Waals surface area contributed by atoms with Gasteiger partial charge < -0.3 is 20.3 Å². The van der Waals surface area contributed by atoms with Gasteiger partial charge in [-0.2, -0.15) is 0 Å². The van der Waals surface area contributed by atoms with Crippen LogP contribution in [-0.4, -0.2) is 62.0 Å². The number of likely N-dealkylation sites (tertiary alicyclic amines) is 1. The fourth-order valence-corrected chi connectivity index (χ4v) is 3.30. The van der Waals surface area contributed by atoms with Crippen molar-refractivity contribution in [1.29, 1.82) is 0 Å². The number of nitrogens with zero attached hydrogens (tertiary/aromatic N) is 1. The lowest BCUT2D eigenvalue weighted by molar-refractivity contribution is -0.132. The quantitative estimate of drug-likeness (QED) is 0.668. The van der Waals surface area contributed by atoms with Gasteiger partial charge in [0.25, 0.3) is 5.91 Å². The fourth-order valence-electron chi connectivity index (χ4n) is 3.30. The first-order chi connectivity index (χ1) is 13.1. The molecule has 2 rings (SSSR count). The zero-order valence-corrected chi connectivity index (χ0v) is 16.1. The smallest absolute Gasteiger partial charge is 0.251 e. The molecule has 27 heavy (non-hydrogen) atoms. The Labute approximate surface area is 160 Å². The molecule has 1 fully saturated rings. The maximum atomic E-state index is 12.7. The number of carbonyl (C=O) groups excluding carboxylic acids is 3. The van der Waals surface area contributed by atoms with Crippen LogP contribution in [-0.2, 0) is 14.3 Å². The predicted octanol–water partition coefficient (Wildman–Crippen LogP) is 1.20. The maximum Gasteiger partial charge on any atom is 0.251 e. The molecule has 1 heterocycles. The Hall–Kier alpha value is -2.41. The van der Waals surface area contributed by atoms with E-state index in [1.54, 1.807) is 31.4 Å². The van der Waals surface area contributed by atoms with Gasteiger partial charge in [-0.25, -0.2) is 0 Å². The second kappa shape index (κ2) is 10.7. The topological polar surface area (TPSA) is 87.7 Å². The van der Waals surface area contributed by atoms with Gasteiger partial charge in [-0.1, -0.05) is 25.1 Å². The molecular weight excluding hydrogens is 346 g/mol. The second-order valence-corrected chi connectivity index (χ2v) is 6.67. The van der Waals surface area contributed by atoms with E-state index in [4.69, 9.17) is 4.74 Å². The molecule has 1 aliphatic rings. The van der Waals surface area contributed by atoms with Gasteiger partial charge in [0, 0.05) is 38.7 Å². The van der Waals surface area contributed by atoms with E-state index < -0.39 is 6.04 Å². The molecule has 1 unspecified atom stereocenters. The molecule has 0 aromatic heterocycles. The SMILES string of the molecule is CCC(=O)N1CCC(C(NC(=O)c2ccccc2)C(=O)NCCOC)CC1. The van der Waals surface area contributed by atoms with Gasteiger partial charge in [-0.15, -0.1) is 0 Å². The number of carbonyl (C=O) groups is 3. The van der Waals surface area contributed by atoms with Crippen LogP contribution in [0.2, 0.25) is 0 Å². The third-order valence-electron chi connectivity index (χ3n) is 4.88. The van der Waals surface area contributed by atoms with E-state index in [-0.39, 0.29) is 23.6 Å². The number of hydrogen-bond donors (Lipinski definition) is 2. The average Bonchev–Trinajstić information content (AvgIpc) is 2.72. The first kappa shape index (κ1) is 20.9. The van der Waals surface area contributed by atoms with E-state index in [1.807, 2.05) is 17.9 Å². The molecule has 1 aromatic carbocycles. The van der Waals surface area contributed by atoms with Gasteiger partial charge in [0.2, 0.25) is 11.8 Å². The highest BCUT2D eigenvalue weighted by Crippen LogP contribution is 2.22. The van der Waals surface area contributed by atoms with Crippen molar-refractivity contribution in [1.82, 2.24) is 15.5 Å². The van der Waals surface area contributed by atoms with Crippen LogP contribution in [0, 0.1) is 5.92 Å². The molecule has 2 N–H and O–H groups in total. The Morgan fingerprint density at radius 3 is 2.44 bits per heavy atom. The van der Waals surface area contributed by atoms with Crippen LogP contribution in [0.15, 0.2) is 30.3 Å². The molecule has 148 valence electrons. The second-order valence-electron chi connectivity index (χ2n) is 6.67. The van der Waals surface area contributed by atoms with Crippen molar-refractivity contribution in [3.63, 3.8) is 0 Å². The van der Waals surface area contributed by atoms with Crippen LogP contribution in [0.25, 0.3) is 0 Å². The summed E-state index contributed by atoms with van der Waals surface area (Å²) in [7, 11) is 1.57. The molecule has 0 radical (unpaired) electrons. The standard InChI is InChI=1S/C20H29N3O4/c1-3-17(24)23-12-9-15(10-13-23)18(20(26)21-11-14-27-2)22-19(25)16-7-5-4-6-8-16/h4-8,15,18H,3,9-14H2,1-2H3,(H,21,26)(H,22,25). The molecule has 0 spiro atoms. The average molecular weight is 375 g/mol. The minimum Gasteiger partial charge on any atom is -0.383 e. The zero-order valence-electron chi connectivity index (χ0n) is 16.1. The van der Waals surface area contributed by atoms with Gasteiger partial charge in [0.15, 0.2) is 0 Å². The van der Waals surface area contributed by atoms with Gasteiger partial charge in [-0.05, 0) is 30.9 Å². The maximum absolute atomic E-state index is 12.7. The van der Waals surface area contributed by atoms with Gasteiger partial charge >= 0.3 is 0 Å². The van der Waals surface area contributed by atoms with Crippen LogP contribution in [0.3, 0.4) is 0 Å². The molecule has 1 aromatic rings. The van der Waals surface area contributed by atoms with Crippen LogP contribution in [0.5, 0.6) is 0 Å². The minimum absolute atomic E-state index is 0.0129.